The van der Waals surface area contributed by atoms with Gasteiger partial charge in [-0.2, -0.15) is 0 Å². The summed E-state index contributed by atoms with van der Waals surface area (Å²) in [5.74, 6) is -1.44. The second-order valence-corrected chi connectivity index (χ2v) is 20.2. The molecule has 2 atom stereocenters. The van der Waals surface area contributed by atoms with Crippen LogP contribution in [0.4, 0.5) is 0 Å². The fourth-order valence-electron chi connectivity index (χ4n) is 8.60. The summed E-state index contributed by atoms with van der Waals surface area (Å²) in [7, 11) is 5.55. The zero-order valence-corrected chi connectivity index (χ0v) is 43.7. The third-order valence-electron chi connectivity index (χ3n) is 12.9. The van der Waals surface area contributed by atoms with Crippen LogP contribution in [0, 0.1) is 0 Å². The predicted molar refractivity (Wildman–Crippen MR) is 275 cm³/mol. The Hall–Kier alpha value is -2.19. The van der Waals surface area contributed by atoms with Crippen LogP contribution < -0.4 is 0 Å². The lowest BCUT2D eigenvalue weighted by Crippen LogP contribution is -2.50. The van der Waals surface area contributed by atoms with Crippen LogP contribution >= 0.6 is 0 Å². The minimum absolute atomic E-state index is 0.0451. The largest absolute Gasteiger partial charge is 0.477 e. The van der Waals surface area contributed by atoms with Gasteiger partial charge in [-0.1, -0.05) is 237 Å². The van der Waals surface area contributed by atoms with Crippen molar-refractivity contribution in [2.24, 2.45) is 0 Å². The maximum absolute atomic E-state index is 12.8. The zero-order valence-electron chi connectivity index (χ0n) is 43.7. The van der Waals surface area contributed by atoms with Crippen LogP contribution in [-0.4, -0.2) is 80.6 Å². The first-order valence-electron chi connectivity index (χ1n) is 27.9. The quantitative estimate of drug-likeness (QED) is 0.0281. The number of likely N-dealkylation sites (N-methyl/N-ethyl adjacent to an activating group) is 1. The SMILES string of the molecule is CC/C=C/C/C=C/CCCCCCCCCCCCCCCCC(=O)OCC(COCCC(C(=O)O)[N+](C)(C)C)OC(=O)CCCCCCCCCCCCCCCCCCCCCC. The van der Waals surface area contributed by atoms with Gasteiger partial charge in [0.05, 0.1) is 34.4 Å². The van der Waals surface area contributed by atoms with E-state index in [0.717, 1.165) is 51.4 Å². The summed E-state index contributed by atoms with van der Waals surface area (Å²) in [6, 6.07) is -0.612. The van der Waals surface area contributed by atoms with Gasteiger partial charge in [0.25, 0.3) is 0 Å². The summed E-state index contributed by atoms with van der Waals surface area (Å²) in [6.07, 6.45) is 56.6. The van der Waals surface area contributed by atoms with Gasteiger partial charge >= 0.3 is 17.9 Å². The van der Waals surface area contributed by atoms with Crippen LogP contribution in [0.5, 0.6) is 0 Å². The first-order valence-corrected chi connectivity index (χ1v) is 27.9. The van der Waals surface area contributed by atoms with Gasteiger partial charge in [-0.3, -0.25) is 9.59 Å². The van der Waals surface area contributed by atoms with Gasteiger partial charge in [0, 0.05) is 19.3 Å². The number of hydrogen-bond acceptors (Lipinski definition) is 6. The molecule has 0 aliphatic rings. The minimum Gasteiger partial charge on any atom is -0.477 e. The van der Waals surface area contributed by atoms with Crippen molar-refractivity contribution in [3.8, 4) is 0 Å². The fourth-order valence-corrected chi connectivity index (χ4v) is 8.60. The fraction of sp³-hybridized carbons (Fsp3) is 0.877. The molecule has 2 unspecified atom stereocenters. The van der Waals surface area contributed by atoms with Gasteiger partial charge in [0.2, 0.25) is 0 Å². The number of aliphatic carboxylic acids is 1. The average molecular weight is 919 g/mol. The molecule has 0 saturated heterocycles. The molecule has 0 heterocycles. The molecule has 0 aliphatic heterocycles. The summed E-state index contributed by atoms with van der Waals surface area (Å²) in [4.78, 5) is 37.2. The van der Waals surface area contributed by atoms with Crippen molar-refractivity contribution >= 4 is 17.9 Å². The Balaban J connectivity index is 4.14. The van der Waals surface area contributed by atoms with E-state index in [1.165, 1.54) is 186 Å². The highest BCUT2D eigenvalue weighted by molar-refractivity contribution is 5.72. The molecule has 0 rings (SSSR count). The molecule has 0 aromatic rings. The predicted octanol–water partition coefficient (Wildman–Crippen LogP) is 16.4. The number of carbonyl (C=O) groups is 3. The van der Waals surface area contributed by atoms with E-state index < -0.39 is 18.1 Å². The van der Waals surface area contributed by atoms with E-state index in [1.807, 2.05) is 21.1 Å². The number of hydrogen-bond donors (Lipinski definition) is 1. The average Bonchev–Trinajstić information content (AvgIpc) is 3.27. The lowest BCUT2D eigenvalue weighted by molar-refractivity contribution is -0.887. The van der Waals surface area contributed by atoms with E-state index in [4.69, 9.17) is 14.2 Å². The second-order valence-electron chi connectivity index (χ2n) is 20.2. The third kappa shape index (κ3) is 46.7. The molecular weight excluding hydrogens is 811 g/mol. The van der Waals surface area contributed by atoms with Crippen molar-refractivity contribution in [3.63, 3.8) is 0 Å². The first-order chi connectivity index (χ1) is 31.6. The lowest BCUT2D eigenvalue weighted by atomic mass is 10.0. The van der Waals surface area contributed by atoms with Crippen LogP contribution in [0.1, 0.15) is 271 Å². The number of nitrogens with zero attached hydrogens (tertiary/aromatic N) is 1. The number of carbonyl (C=O) groups excluding carboxylic acids is 2. The number of ether oxygens (including phenoxy) is 3. The highest BCUT2D eigenvalue weighted by Crippen LogP contribution is 2.17. The molecule has 0 aromatic carbocycles. The number of allylic oxidation sites excluding steroid dienone is 4. The van der Waals surface area contributed by atoms with Gasteiger partial charge in [0.15, 0.2) is 12.1 Å². The number of esters is 2. The van der Waals surface area contributed by atoms with E-state index in [1.54, 1.807) is 0 Å². The van der Waals surface area contributed by atoms with E-state index in [9.17, 15) is 19.5 Å². The zero-order chi connectivity index (χ0) is 47.7. The second kappa shape index (κ2) is 48.3. The topological polar surface area (TPSA) is 99.1 Å². The molecule has 0 saturated carbocycles. The number of carboxylic acids is 1. The van der Waals surface area contributed by atoms with Gasteiger partial charge in [0.1, 0.15) is 6.61 Å². The number of quaternary nitrogens is 1. The van der Waals surface area contributed by atoms with E-state index in [0.29, 0.717) is 19.3 Å². The Labute approximate surface area is 402 Å². The summed E-state index contributed by atoms with van der Waals surface area (Å²) in [5, 5.41) is 9.67. The molecule has 0 spiro atoms. The normalized spacial score (nSPS) is 12.9. The van der Waals surface area contributed by atoms with Gasteiger partial charge in [-0.25, -0.2) is 4.79 Å². The standard InChI is InChI=1S/C57H107NO7/c1-6-8-10-12-14-16-18-20-22-24-26-28-30-31-33-35-37-39-41-43-45-47-55(59)64-52-53(51-63-50-49-54(57(61)62)58(3,4)5)65-56(60)48-46-44-42-40-38-36-34-32-29-27-25-23-21-19-17-15-13-11-9-7-2/h8,10,14,16,53-54H,6-7,9,11-13,15,17-52H2,1-5H3/p+1/b10-8+,16-14+. The molecule has 8 nitrogen and oxygen atoms in total. The first kappa shape index (κ1) is 62.8. The molecule has 0 amide bonds. The van der Waals surface area contributed by atoms with Crippen molar-refractivity contribution in [1.29, 1.82) is 0 Å². The van der Waals surface area contributed by atoms with Crippen LogP contribution in [-0.2, 0) is 28.6 Å². The summed E-state index contributed by atoms with van der Waals surface area (Å²) < 4.78 is 17.4. The lowest BCUT2D eigenvalue weighted by Gasteiger charge is -2.31. The van der Waals surface area contributed by atoms with Crippen molar-refractivity contribution in [2.45, 2.75) is 283 Å². The van der Waals surface area contributed by atoms with E-state index >= 15 is 0 Å². The van der Waals surface area contributed by atoms with Crippen LogP contribution in [0.15, 0.2) is 24.3 Å². The molecule has 0 aliphatic carbocycles. The molecule has 65 heavy (non-hydrogen) atoms. The molecule has 8 heteroatoms. The van der Waals surface area contributed by atoms with Crippen molar-refractivity contribution in [3.05, 3.63) is 24.3 Å². The number of unbranched alkanes of at least 4 members (excludes halogenated alkanes) is 33. The maximum Gasteiger partial charge on any atom is 0.362 e. The van der Waals surface area contributed by atoms with Crippen molar-refractivity contribution in [2.75, 3.05) is 41.0 Å². The maximum atomic E-state index is 12.8. The molecule has 0 aromatic heterocycles. The van der Waals surface area contributed by atoms with Crippen LogP contribution in [0.25, 0.3) is 0 Å². The Morgan fingerprint density at radius 3 is 1.26 bits per heavy atom. The highest BCUT2D eigenvalue weighted by atomic mass is 16.6. The van der Waals surface area contributed by atoms with Crippen LogP contribution in [0.3, 0.4) is 0 Å². The Kier molecular flexibility index (Phi) is 46.6. The molecular formula is C57H108NO7+. The highest BCUT2D eigenvalue weighted by Gasteiger charge is 2.31. The Morgan fingerprint density at radius 1 is 0.477 bits per heavy atom. The van der Waals surface area contributed by atoms with Crippen LogP contribution in [0.2, 0.25) is 0 Å². The van der Waals surface area contributed by atoms with Crippen molar-refractivity contribution < 1.29 is 38.2 Å². The van der Waals surface area contributed by atoms with Crippen molar-refractivity contribution in [1.82, 2.24) is 0 Å². The Bertz CT molecular complexity index is 1120. The number of carboxylic acid groups (broad SMARTS) is 1. The van der Waals surface area contributed by atoms with Gasteiger partial charge in [-0.15, -0.1) is 0 Å². The van der Waals surface area contributed by atoms with Gasteiger partial charge in [-0.05, 0) is 38.5 Å². The Morgan fingerprint density at radius 2 is 0.862 bits per heavy atom. The summed E-state index contributed by atoms with van der Waals surface area (Å²) >= 11 is 0. The molecule has 0 radical (unpaired) electrons. The molecule has 1 N–H and O–H groups in total. The van der Waals surface area contributed by atoms with Gasteiger partial charge < -0.3 is 23.8 Å². The smallest absolute Gasteiger partial charge is 0.362 e. The molecule has 0 fully saturated rings. The summed E-state index contributed by atoms with van der Waals surface area (Å²) in [5.41, 5.74) is 0. The van der Waals surface area contributed by atoms with E-state index in [2.05, 4.69) is 38.2 Å². The molecule has 382 valence electrons. The molecule has 0 bridgehead atoms. The minimum atomic E-state index is -0.870. The van der Waals surface area contributed by atoms with E-state index in [-0.39, 0.29) is 36.2 Å². The monoisotopic (exact) mass is 919 g/mol. The summed E-state index contributed by atoms with van der Waals surface area (Å²) in [6.45, 7) is 4.69. The third-order valence-corrected chi connectivity index (χ3v) is 12.9. The number of rotatable bonds is 51.